The van der Waals surface area contributed by atoms with Gasteiger partial charge in [0.15, 0.2) is 5.60 Å². The molecule has 14 nitrogen and oxygen atoms in total. The van der Waals surface area contributed by atoms with Crippen molar-refractivity contribution in [2.75, 3.05) is 26.2 Å². The third kappa shape index (κ3) is 10.6. The van der Waals surface area contributed by atoms with E-state index in [1.807, 2.05) is 18.2 Å². The SMILES string of the molecule is CCN(CC)CCn1c(Cc2ccc(OCC(C)C)cc2)nc2cc([N+](=O)[O-])ccc21.O=C(O)CC(O)(CC(=O)O)C(=O)O. The molecule has 3 rings (SSSR count). The molecule has 0 radical (unpaired) electrons. The van der Waals surface area contributed by atoms with Crippen molar-refractivity contribution in [2.45, 2.75) is 59.1 Å². The molecule has 0 aliphatic rings. The minimum atomic E-state index is -2.74. The number of likely N-dealkylation sites (N-methyl/N-ethyl adjacent to an activating group) is 1. The molecule has 0 bridgehead atoms. The number of carboxylic acid groups (broad SMARTS) is 3. The summed E-state index contributed by atoms with van der Waals surface area (Å²) in [7, 11) is 0. The normalized spacial score (nSPS) is 11.3. The van der Waals surface area contributed by atoms with E-state index in [0.29, 0.717) is 24.5 Å². The maximum absolute atomic E-state index is 11.2. The van der Waals surface area contributed by atoms with E-state index < -0.39 is 36.4 Å². The van der Waals surface area contributed by atoms with Gasteiger partial charge in [-0.25, -0.2) is 9.78 Å². The van der Waals surface area contributed by atoms with Gasteiger partial charge in [0.2, 0.25) is 0 Å². The Labute approximate surface area is 254 Å². The fourth-order valence-corrected chi connectivity index (χ4v) is 4.31. The lowest BCUT2D eigenvalue weighted by molar-refractivity contribution is -0.384. The van der Waals surface area contributed by atoms with Crippen molar-refractivity contribution in [3.8, 4) is 5.75 Å². The molecule has 3 aromatic rings. The quantitative estimate of drug-likeness (QED) is 0.134. The van der Waals surface area contributed by atoms with Crippen molar-refractivity contribution < 1.29 is 44.5 Å². The number of hydrogen-bond donors (Lipinski definition) is 4. The molecule has 0 saturated carbocycles. The number of rotatable bonds is 16. The zero-order valence-electron chi connectivity index (χ0n) is 25.3. The number of carbonyl (C=O) groups is 3. The number of nitro groups is 1. The van der Waals surface area contributed by atoms with Gasteiger partial charge in [-0.15, -0.1) is 0 Å². The summed E-state index contributed by atoms with van der Waals surface area (Å²) >= 11 is 0. The smallest absolute Gasteiger partial charge is 0.336 e. The zero-order valence-corrected chi connectivity index (χ0v) is 25.3. The molecule has 44 heavy (non-hydrogen) atoms. The third-order valence-electron chi connectivity index (χ3n) is 6.71. The molecular weight excluding hydrogens is 576 g/mol. The summed E-state index contributed by atoms with van der Waals surface area (Å²) in [6.07, 6.45) is -1.63. The lowest BCUT2D eigenvalue weighted by Crippen LogP contribution is -2.42. The number of benzene rings is 2. The fraction of sp³-hybridized carbons (Fsp3) is 0.467. The lowest BCUT2D eigenvalue weighted by Gasteiger charge is -2.19. The summed E-state index contributed by atoms with van der Waals surface area (Å²) in [6.45, 7) is 12.9. The first-order valence-electron chi connectivity index (χ1n) is 14.2. The first-order chi connectivity index (χ1) is 20.7. The fourth-order valence-electron chi connectivity index (χ4n) is 4.31. The Kier molecular flexibility index (Phi) is 13.2. The van der Waals surface area contributed by atoms with Crippen LogP contribution in [0.5, 0.6) is 5.75 Å². The molecule has 0 amide bonds. The molecule has 0 spiro atoms. The van der Waals surface area contributed by atoms with Crippen LogP contribution in [0.3, 0.4) is 0 Å². The molecule has 2 aromatic carbocycles. The minimum absolute atomic E-state index is 0.0686. The number of aliphatic carboxylic acids is 3. The van der Waals surface area contributed by atoms with Gasteiger partial charge < -0.3 is 34.6 Å². The van der Waals surface area contributed by atoms with Crippen LogP contribution in [0.4, 0.5) is 5.69 Å². The summed E-state index contributed by atoms with van der Waals surface area (Å²) in [4.78, 5) is 48.4. The van der Waals surface area contributed by atoms with E-state index in [2.05, 4.69) is 49.3 Å². The largest absolute Gasteiger partial charge is 0.493 e. The highest BCUT2D eigenvalue weighted by molar-refractivity contribution is 5.88. The van der Waals surface area contributed by atoms with Crippen molar-refractivity contribution in [3.05, 3.63) is 64.0 Å². The van der Waals surface area contributed by atoms with Crippen LogP contribution in [0.15, 0.2) is 42.5 Å². The van der Waals surface area contributed by atoms with Crippen LogP contribution in [0.1, 0.15) is 51.9 Å². The monoisotopic (exact) mass is 616 g/mol. The second-order valence-electron chi connectivity index (χ2n) is 10.6. The van der Waals surface area contributed by atoms with Crippen molar-refractivity contribution in [1.29, 1.82) is 0 Å². The number of aliphatic hydroxyl groups is 1. The van der Waals surface area contributed by atoms with Crippen LogP contribution in [-0.4, -0.2) is 89.6 Å². The summed E-state index contributed by atoms with van der Waals surface area (Å²) in [5.74, 6) is -2.76. The summed E-state index contributed by atoms with van der Waals surface area (Å²) < 4.78 is 7.97. The Balaban J connectivity index is 0.000000439. The van der Waals surface area contributed by atoms with Crippen molar-refractivity contribution in [3.63, 3.8) is 0 Å². The van der Waals surface area contributed by atoms with Gasteiger partial charge in [0.05, 0.1) is 35.4 Å². The van der Waals surface area contributed by atoms with Crippen molar-refractivity contribution in [2.24, 2.45) is 5.92 Å². The molecule has 4 N–H and O–H groups in total. The predicted octanol–water partition coefficient (Wildman–Crippen LogP) is 3.66. The topological polar surface area (TPSA) is 206 Å². The molecule has 0 aliphatic heterocycles. The molecule has 240 valence electrons. The van der Waals surface area contributed by atoms with E-state index in [1.54, 1.807) is 12.1 Å². The number of hydrogen-bond acceptors (Lipinski definition) is 9. The molecule has 0 unspecified atom stereocenters. The first kappa shape index (κ1) is 35.6. The number of carboxylic acids is 3. The molecule has 1 heterocycles. The summed E-state index contributed by atoms with van der Waals surface area (Å²) in [5.41, 5.74) is 0.0627. The van der Waals surface area contributed by atoms with Gasteiger partial charge in [0.25, 0.3) is 5.69 Å². The number of ether oxygens (including phenoxy) is 1. The molecule has 0 aliphatic carbocycles. The number of aromatic nitrogens is 2. The number of non-ortho nitro benzene ring substituents is 1. The Hall–Kier alpha value is -4.56. The second-order valence-corrected chi connectivity index (χ2v) is 10.6. The highest BCUT2D eigenvalue weighted by atomic mass is 16.6. The standard InChI is InChI=1S/C24H32N4O3.C6H8O7/c1-5-26(6-2)13-14-27-23-12-9-20(28(29)30)16-22(23)25-24(27)15-19-7-10-21(11-8-19)31-17-18(3)4;7-3(8)1-6(13,5(11)12)2-4(9)10/h7-12,16,18H,5-6,13-15,17H2,1-4H3;13H,1-2H2,(H,7,8)(H,9,10)(H,11,12). The Bertz CT molecular complexity index is 1420. The predicted molar refractivity (Wildman–Crippen MR) is 161 cm³/mol. The van der Waals surface area contributed by atoms with E-state index in [4.69, 9.17) is 30.1 Å². The van der Waals surface area contributed by atoms with E-state index in [1.165, 1.54) is 0 Å². The second kappa shape index (κ2) is 16.3. The van der Waals surface area contributed by atoms with Gasteiger partial charge in [-0.1, -0.05) is 39.8 Å². The van der Waals surface area contributed by atoms with Crippen LogP contribution in [0.2, 0.25) is 0 Å². The van der Waals surface area contributed by atoms with Gasteiger partial charge in [-0.3, -0.25) is 19.7 Å². The average molecular weight is 617 g/mol. The zero-order chi connectivity index (χ0) is 33.0. The average Bonchev–Trinajstić information content (AvgIpc) is 3.28. The first-order valence-corrected chi connectivity index (χ1v) is 14.2. The molecule has 14 heteroatoms. The molecule has 0 saturated heterocycles. The van der Waals surface area contributed by atoms with Gasteiger partial charge in [-0.05, 0) is 42.8 Å². The van der Waals surface area contributed by atoms with Crippen LogP contribution in [-0.2, 0) is 27.3 Å². The van der Waals surface area contributed by atoms with Crippen LogP contribution >= 0.6 is 0 Å². The number of imidazole rings is 1. The number of nitrogens with zero attached hydrogens (tertiary/aromatic N) is 4. The molecular formula is C30H40N4O10. The molecule has 1 aromatic heterocycles. The van der Waals surface area contributed by atoms with Crippen LogP contribution in [0, 0.1) is 16.0 Å². The van der Waals surface area contributed by atoms with Crippen LogP contribution in [0.25, 0.3) is 11.0 Å². The Morgan fingerprint density at radius 3 is 2.09 bits per heavy atom. The highest BCUT2D eigenvalue weighted by Crippen LogP contribution is 2.24. The Morgan fingerprint density at radius 2 is 1.61 bits per heavy atom. The third-order valence-corrected chi connectivity index (χ3v) is 6.71. The maximum atomic E-state index is 11.2. The van der Waals surface area contributed by atoms with Gasteiger partial charge >= 0.3 is 17.9 Å². The van der Waals surface area contributed by atoms with Crippen molar-refractivity contribution >= 4 is 34.6 Å². The van der Waals surface area contributed by atoms with E-state index in [0.717, 1.165) is 48.8 Å². The number of fused-ring (bicyclic) bond motifs is 1. The molecule has 0 atom stereocenters. The summed E-state index contributed by atoms with van der Waals surface area (Å²) in [6, 6.07) is 13.0. The lowest BCUT2D eigenvalue weighted by atomic mass is 9.96. The minimum Gasteiger partial charge on any atom is -0.493 e. The highest BCUT2D eigenvalue weighted by Gasteiger charge is 2.40. The Morgan fingerprint density at radius 1 is 1.02 bits per heavy atom. The van der Waals surface area contributed by atoms with Gasteiger partial charge in [-0.2, -0.15) is 0 Å². The van der Waals surface area contributed by atoms with Crippen LogP contribution < -0.4 is 4.74 Å². The van der Waals surface area contributed by atoms with E-state index in [-0.39, 0.29) is 10.6 Å². The van der Waals surface area contributed by atoms with Crippen molar-refractivity contribution in [1.82, 2.24) is 14.5 Å². The maximum Gasteiger partial charge on any atom is 0.336 e. The van der Waals surface area contributed by atoms with E-state index >= 15 is 0 Å². The number of nitro benzene ring substituents is 1. The molecule has 0 fully saturated rings. The summed E-state index contributed by atoms with van der Waals surface area (Å²) in [5, 5.41) is 45.0. The van der Waals surface area contributed by atoms with Gasteiger partial charge in [0, 0.05) is 31.6 Å². The van der Waals surface area contributed by atoms with E-state index in [9.17, 15) is 24.5 Å². The van der Waals surface area contributed by atoms with Gasteiger partial charge in [0.1, 0.15) is 11.6 Å².